The molecule has 3 aromatic rings. The predicted molar refractivity (Wildman–Crippen MR) is 235 cm³/mol. The summed E-state index contributed by atoms with van der Waals surface area (Å²) in [5, 5.41) is 72.9. The highest BCUT2D eigenvalue weighted by atomic mass is 16.7. The maximum absolute atomic E-state index is 15.7. The average Bonchev–Trinajstić information content (AvgIpc) is 3.31. The molecular weight excluding hydrogens is 887 g/mol. The van der Waals surface area contributed by atoms with E-state index in [1.54, 1.807) is 78.9 Å². The maximum atomic E-state index is 15.7. The van der Waals surface area contributed by atoms with Gasteiger partial charge in [-0.1, -0.05) is 80.6 Å². The van der Waals surface area contributed by atoms with Crippen LogP contribution in [-0.4, -0.2) is 146 Å². The molecule has 18 heteroatoms. The number of aliphatic hydroxyl groups excluding tert-OH is 5. The third-order valence-corrected chi connectivity index (χ3v) is 14.9. The minimum absolute atomic E-state index is 0.0280. The summed E-state index contributed by atoms with van der Waals surface area (Å²) >= 11 is 0. The number of amides is 1. The third-order valence-electron chi connectivity index (χ3n) is 14.9. The number of nitrogens with one attached hydrogen (secondary N) is 1. The molecule has 2 bridgehead atoms. The number of aliphatic hydroxyl groups is 6. The van der Waals surface area contributed by atoms with Crippen molar-refractivity contribution in [3.8, 4) is 0 Å². The minimum Gasteiger partial charge on any atom is -0.456 e. The molecule has 18 nitrogen and oxygen atoms in total. The van der Waals surface area contributed by atoms with E-state index in [2.05, 4.69) is 5.32 Å². The second-order valence-electron chi connectivity index (χ2n) is 19.1. The van der Waals surface area contributed by atoms with Gasteiger partial charge >= 0.3 is 17.9 Å². The number of esters is 3. The monoisotopic (exact) mass is 943 g/mol. The maximum Gasteiger partial charge on any atom is 0.338 e. The Morgan fingerprint density at radius 2 is 1.43 bits per heavy atom. The van der Waals surface area contributed by atoms with E-state index in [0.29, 0.717) is 5.56 Å². The molecule has 2 aliphatic heterocycles. The van der Waals surface area contributed by atoms with E-state index < -0.39 is 138 Å². The van der Waals surface area contributed by atoms with Gasteiger partial charge in [-0.15, -0.1) is 0 Å². The molecule has 364 valence electrons. The number of ketones is 1. The highest BCUT2D eigenvalue weighted by Crippen LogP contribution is 2.65. The van der Waals surface area contributed by atoms with E-state index in [1.165, 1.54) is 39.8 Å². The van der Waals surface area contributed by atoms with Crippen molar-refractivity contribution in [2.75, 3.05) is 13.2 Å². The van der Waals surface area contributed by atoms with E-state index in [0.717, 1.165) is 6.92 Å². The van der Waals surface area contributed by atoms with Crippen molar-refractivity contribution in [1.29, 1.82) is 0 Å². The number of carbonyl (C=O) groups excluding carboxylic acids is 5. The zero-order chi connectivity index (χ0) is 49.1. The van der Waals surface area contributed by atoms with Gasteiger partial charge in [0.1, 0.15) is 48.3 Å². The second kappa shape index (κ2) is 18.5. The van der Waals surface area contributed by atoms with Crippen LogP contribution in [0.15, 0.2) is 102 Å². The van der Waals surface area contributed by atoms with Crippen LogP contribution in [0.1, 0.15) is 79.8 Å². The first-order valence-electron chi connectivity index (χ1n) is 22.5. The normalized spacial score (nSPS) is 36.0. The Balaban J connectivity index is 1.26. The van der Waals surface area contributed by atoms with Crippen LogP contribution < -0.4 is 5.32 Å². The molecule has 0 aromatic heterocycles. The lowest BCUT2D eigenvalue weighted by Gasteiger charge is -2.68. The Hall–Kier alpha value is -5.41. The van der Waals surface area contributed by atoms with Crippen molar-refractivity contribution in [2.45, 2.75) is 126 Å². The first-order chi connectivity index (χ1) is 32.2. The number of fused-ring (bicyclic) bond motifs is 5. The van der Waals surface area contributed by atoms with Gasteiger partial charge in [-0.25, -0.2) is 9.59 Å². The highest BCUT2D eigenvalue weighted by molar-refractivity contribution is 5.95. The van der Waals surface area contributed by atoms with Gasteiger partial charge in [0.25, 0.3) is 5.91 Å². The SMILES string of the molecule is CC(=O)O[C@@]12CO[C@@H]1C[C@@H](O[C@@H]1OC[C@H](O)[C@H](O)[C@H]1O)[C@@]1(C)C(=O)[C@H](O)C3=C(C)[C@@H](OC(=O)[C@H](O)[C@@H](NC(=O)c4ccccc4)c4ccccc4)C[C@@](O)([C@H](OC(=O)c4ccccc4)[C@H]21)C3(C)C. The van der Waals surface area contributed by atoms with E-state index >= 15 is 4.79 Å². The van der Waals surface area contributed by atoms with Crippen molar-refractivity contribution in [1.82, 2.24) is 5.32 Å². The lowest BCUT2D eigenvalue weighted by Crippen LogP contribution is -2.82. The molecule has 7 N–H and O–H groups in total. The zero-order valence-electron chi connectivity index (χ0n) is 38.1. The number of ether oxygens (including phenoxy) is 6. The Morgan fingerprint density at radius 3 is 2.01 bits per heavy atom. The van der Waals surface area contributed by atoms with Crippen LogP contribution >= 0.6 is 0 Å². The van der Waals surface area contributed by atoms with Gasteiger partial charge < -0.3 is 64.4 Å². The lowest BCUT2D eigenvalue weighted by molar-refractivity contribution is -0.366. The van der Waals surface area contributed by atoms with E-state index in [4.69, 9.17) is 28.4 Å². The quantitative estimate of drug-likeness (QED) is 0.0818. The predicted octanol–water partition coefficient (Wildman–Crippen LogP) is 1.63. The number of benzene rings is 3. The van der Waals surface area contributed by atoms with Gasteiger partial charge in [0, 0.05) is 30.7 Å². The van der Waals surface area contributed by atoms with Crippen LogP contribution in [0.25, 0.3) is 0 Å². The van der Waals surface area contributed by atoms with Crippen molar-refractivity contribution >= 4 is 29.6 Å². The molecule has 15 atom stereocenters. The summed E-state index contributed by atoms with van der Waals surface area (Å²) in [6.07, 6.45) is -17.8. The fourth-order valence-corrected chi connectivity index (χ4v) is 11.2. The van der Waals surface area contributed by atoms with Crippen LogP contribution in [0.4, 0.5) is 0 Å². The molecule has 8 rings (SSSR count). The summed E-state index contributed by atoms with van der Waals surface area (Å²) in [5.41, 5.74) is -7.60. The lowest BCUT2D eigenvalue weighted by atomic mass is 9.44. The van der Waals surface area contributed by atoms with Gasteiger partial charge in [-0.05, 0) is 54.8 Å². The summed E-state index contributed by atoms with van der Waals surface area (Å²) in [6.45, 7) is 6.21. The van der Waals surface area contributed by atoms with E-state index in [1.807, 2.05) is 0 Å². The molecule has 3 aliphatic carbocycles. The Bertz CT molecular complexity index is 2430. The largest absolute Gasteiger partial charge is 0.456 e. The number of hydrogen-bond acceptors (Lipinski definition) is 17. The molecule has 0 unspecified atom stereocenters. The van der Waals surface area contributed by atoms with Crippen molar-refractivity contribution < 1.29 is 83.0 Å². The topological polar surface area (TPSA) is 274 Å². The van der Waals surface area contributed by atoms with E-state index in [-0.39, 0.29) is 35.3 Å². The highest BCUT2D eigenvalue weighted by Gasteiger charge is 2.78. The third kappa shape index (κ3) is 8.14. The molecule has 4 fully saturated rings. The summed E-state index contributed by atoms with van der Waals surface area (Å²) in [7, 11) is 0. The number of carbonyl (C=O) groups is 5. The van der Waals surface area contributed by atoms with Gasteiger partial charge in [0.2, 0.25) is 0 Å². The van der Waals surface area contributed by atoms with Crippen LogP contribution in [0.3, 0.4) is 0 Å². The summed E-state index contributed by atoms with van der Waals surface area (Å²) in [5.74, 6) is -6.29. The molecule has 0 spiro atoms. The molecule has 2 saturated heterocycles. The van der Waals surface area contributed by atoms with Crippen molar-refractivity contribution in [3.05, 3.63) is 119 Å². The summed E-state index contributed by atoms with van der Waals surface area (Å²) in [6, 6.07) is 22.7. The first kappa shape index (κ1) is 49.0. The van der Waals surface area contributed by atoms with Gasteiger partial charge in [-0.2, -0.15) is 0 Å². The summed E-state index contributed by atoms with van der Waals surface area (Å²) < 4.78 is 36.8. The fourth-order valence-electron chi connectivity index (χ4n) is 11.2. The standard InChI is InChI=1S/C50H57NO17/c1-25-31(65-45(61)38(56)35(27-15-9-6-10-16-27)51-43(59)28-17-11-7-12-18-28)22-50(62)42(67-44(60)29-19-13-8-14-20-29)40-48(5,41(58)37(55)34(25)47(50,3)4)32(21-33-49(40,24-64-33)68-26(2)52)66-46-39(57)36(54)30(53)23-63-46/h6-20,30-33,35-40,42,46,53-57,62H,21-24H2,1-5H3,(H,51,59)/t30-,31-,32+,33+,35-,36-,37+,38+,39+,40-,42+,46-,48+,49-,50+/m0/s1. The van der Waals surface area contributed by atoms with Crippen molar-refractivity contribution in [2.24, 2.45) is 16.7 Å². The van der Waals surface area contributed by atoms with Crippen LogP contribution in [0.5, 0.6) is 0 Å². The second-order valence-corrected chi connectivity index (χ2v) is 19.1. The van der Waals surface area contributed by atoms with Crippen LogP contribution in [0.2, 0.25) is 0 Å². The number of rotatable bonds is 11. The molecule has 1 amide bonds. The average molecular weight is 944 g/mol. The Kier molecular flexibility index (Phi) is 13.3. The number of Topliss-reactive ketones (excluding diaryl/α,β-unsaturated/α-hetero) is 1. The van der Waals surface area contributed by atoms with Gasteiger partial charge in [-0.3, -0.25) is 14.4 Å². The molecule has 2 heterocycles. The number of hydrogen-bond donors (Lipinski definition) is 7. The molecule has 0 radical (unpaired) electrons. The first-order valence-corrected chi connectivity index (χ1v) is 22.5. The molecule has 3 aromatic carbocycles. The van der Waals surface area contributed by atoms with Crippen LogP contribution in [-0.2, 0) is 42.8 Å². The smallest absolute Gasteiger partial charge is 0.338 e. The fraction of sp³-hybridized carbons (Fsp3) is 0.500. The molecular formula is C50H57NO17. The summed E-state index contributed by atoms with van der Waals surface area (Å²) in [4.78, 5) is 71.3. The van der Waals surface area contributed by atoms with Crippen molar-refractivity contribution in [3.63, 3.8) is 0 Å². The molecule has 5 aliphatic rings. The molecule has 2 saturated carbocycles. The Morgan fingerprint density at radius 1 is 0.824 bits per heavy atom. The van der Waals surface area contributed by atoms with E-state index in [9.17, 15) is 49.8 Å². The Labute approximate surface area is 391 Å². The molecule has 68 heavy (non-hydrogen) atoms. The minimum atomic E-state index is -2.47. The van der Waals surface area contributed by atoms with Gasteiger partial charge in [0.15, 0.2) is 23.8 Å². The zero-order valence-corrected chi connectivity index (χ0v) is 38.1. The van der Waals surface area contributed by atoms with Crippen LogP contribution in [0, 0.1) is 16.7 Å². The van der Waals surface area contributed by atoms with Gasteiger partial charge in [0.05, 0.1) is 42.3 Å².